The lowest BCUT2D eigenvalue weighted by Crippen LogP contribution is -2.27. The van der Waals surface area contributed by atoms with Crippen molar-refractivity contribution < 1.29 is 4.79 Å². The maximum atomic E-state index is 12.2. The molecule has 0 bridgehead atoms. The summed E-state index contributed by atoms with van der Waals surface area (Å²) < 4.78 is 0. The van der Waals surface area contributed by atoms with E-state index in [0.29, 0.717) is 12.2 Å². The molecular weight excluding hydrogens is 464 g/mol. The Morgan fingerprint density at radius 1 is 0.892 bits per heavy atom. The van der Waals surface area contributed by atoms with E-state index in [1.807, 2.05) is 61.5 Å². The Kier molecular flexibility index (Phi) is 5.66. The number of aromatic nitrogens is 6. The first kappa shape index (κ1) is 22.6. The predicted molar refractivity (Wildman–Crippen MR) is 145 cm³/mol. The van der Waals surface area contributed by atoms with Crippen molar-refractivity contribution in [2.75, 3.05) is 26.0 Å². The molecule has 5 aromatic heterocycles. The summed E-state index contributed by atoms with van der Waals surface area (Å²) in [6.07, 6.45) is 6.99. The summed E-state index contributed by atoms with van der Waals surface area (Å²) in [6, 6.07) is 17.8. The molecule has 0 spiro atoms. The van der Waals surface area contributed by atoms with E-state index in [4.69, 9.17) is 0 Å². The molecule has 9 nitrogen and oxygen atoms in total. The molecule has 0 saturated carbocycles. The highest BCUT2D eigenvalue weighted by molar-refractivity contribution is 6.00. The van der Waals surface area contributed by atoms with Crippen molar-refractivity contribution in [2.45, 2.75) is 0 Å². The summed E-state index contributed by atoms with van der Waals surface area (Å²) in [4.78, 5) is 30.9. The van der Waals surface area contributed by atoms with Crippen LogP contribution < -0.4 is 5.32 Å². The minimum absolute atomic E-state index is 0.0881. The number of anilines is 1. The van der Waals surface area contributed by atoms with E-state index in [-0.39, 0.29) is 5.91 Å². The fourth-order valence-electron chi connectivity index (χ4n) is 4.44. The molecule has 3 N–H and O–H groups in total. The first-order valence-electron chi connectivity index (χ1n) is 11.8. The van der Waals surface area contributed by atoms with Crippen LogP contribution in [0.25, 0.3) is 55.7 Å². The second kappa shape index (κ2) is 9.29. The van der Waals surface area contributed by atoms with E-state index < -0.39 is 0 Å². The lowest BCUT2D eigenvalue weighted by atomic mass is 10.0. The summed E-state index contributed by atoms with van der Waals surface area (Å²) in [5, 5.41) is 12.6. The topological polar surface area (TPSA) is 115 Å². The molecule has 6 aromatic rings. The van der Waals surface area contributed by atoms with Gasteiger partial charge in [-0.15, -0.1) is 0 Å². The van der Waals surface area contributed by atoms with Crippen LogP contribution in [0.5, 0.6) is 0 Å². The average molecular weight is 489 g/mol. The third-order valence-corrected chi connectivity index (χ3v) is 6.09. The Morgan fingerprint density at radius 2 is 1.78 bits per heavy atom. The molecule has 0 fully saturated rings. The Hall–Kier alpha value is -4.89. The van der Waals surface area contributed by atoms with Gasteiger partial charge in [0.15, 0.2) is 0 Å². The summed E-state index contributed by atoms with van der Waals surface area (Å²) in [6.45, 7) is 0.302. The number of carbonyl (C=O) groups is 1. The Labute approximate surface area is 212 Å². The van der Waals surface area contributed by atoms with E-state index in [0.717, 1.165) is 55.7 Å². The lowest BCUT2D eigenvalue weighted by molar-refractivity contribution is -0.116. The minimum Gasteiger partial charge on any atom is -0.353 e. The third kappa shape index (κ3) is 4.43. The zero-order chi connectivity index (χ0) is 25.4. The number of carbonyl (C=O) groups excluding carboxylic acids is 1. The van der Waals surface area contributed by atoms with E-state index in [9.17, 15) is 4.79 Å². The highest BCUT2D eigenvalue weighted by Crippen LogP contribution is 2.34. The van der Waals surface area contributed by atoms with E-state index in [1.165, 1.54) is 0 Å². The molecule has 5 heterocycles. The molecule has 6 rings (SSSR count). The number of hydrogen-bond donors (Lipinski definition) is 3. The molecule has 182 valence electrons. The number of likely N-dealkylation sites (N-methyl/N-ethyl adjacent to an activating group) is 1. The quantitative estimate of drug-likeness (QED) is 0.312. The van der Waals surface area contributed by atoms with Gasteiger partial charge in [0.1, 0.15) is 5.69 Å². The normalized spacial score (nSPS) is 11.4. The third-order valence-electron chi connectivity index (χ3n) is 6.09. The molecule has 0 aliphatic rings. The lowest BCUT2D eigenvalue weighted by Gasteiger charge is -2.11. The summed E-state index contributed by atoms with van der Waals surface area (Å²) in [5.41, 5.74) is 7.73. The maximum absolute atomic E-state index is 12.2. The van der Waals surface area contributed by atoms with Gasteiger partial charge in [0, 0.05) is 40.4 Å². The van der Waals surface area contributed by atoms with Crippen LogP contribution in [0.3, 0.4) is 0 Å². The number of rotatable bonds is 6. The molecule has 0 saturated heterocycles. The standard InChI is InChI=1S/C28H24N8O/c1-36(2)16-26(37)32-19-11-18(14-29-15-19)17-6-7-23-20(12-17)28(35-34-23)25-13-21-22(33-25)8-10-31-27(21)24-5-3-4-9-30-24/h3-15,33H,16H2,1-2H3,(H,32,37)(H,34,35). The number of pyridine rings is 3. The van der Waals surface area contributed by atoms with Crippen LogP contribution in [-0.2, 0) is 4.79 Å². The highest BCUT2D eigenvalue weighted by atomic mass is 16.2. The molecule has 37 heavy (non-hydrogen) atoms. The number of hydrogen-bond acceptors (Lipinski definition) is 6. The summed E-state index contributed by atoms with van der Waals surface area (Å²) in [5.74, 6) is -0.0881. The number of nitrogens with zero attached hydrogens (tertiary/aromatic N) is 5. The van der Waals surface area contributed by atoms with Crippen molar-refractivity contribution in [2.24, 2.45) is 0 Å². The van der Waals surface area contributed by atoms with E-state index in [1.54, 1.807) is 24.8 Å². The molecule has 0 unspecified atom stereocenters. The number of benzene rings is 1. The molecular formula is C28H24N8O. The van der Waals surface area contributed by atoms with Crippen molar-refractivity contribution >= 4 is 33.4 Å². The summed E-state index contributed by atoms with van der Waals surface area (Å²) >= 11 is 0. The van der Waals surface area contributed by atoms with Gasteiger partial charge >= 0.3 is 0 Å². The maximum Gasteiger partial charge on any atom is 0.238 e. The molecule has 0 atom stereocenters. The van der Waals surface area contributed by atoms with E-state index >= 15 is 0 Å². The molecule has 1 amide bonds. The first-order valence-corrected chi connectivity index (χ1v) is 11.8. The molecule has 0 radical (unpaired) electrons. The van der Waals surface area contributed by atoms with Crippen LogP contribution in [0, 0.1) is 0 Å². The predicted octanol–water partition coefficient (Wildman–Crippen LogP) is 4.73. The van der Waals surface area contributed by atoms with Gasteiger partial charge in [-0.2, -0.15) is 5.10 Å². The SMILES string of the molecule is CN(C)CC(=O)Nc1cncc(-c2ccc3[nH]nc(-c4cc5c(-c6ccccn6)nccc5[nH]4)c3c2)c1. The van der Waals surface area contributed by atoms with Gasteiger partial charge in [-0.05, 0) is 62.1 Å². The fraction of sp³-hybridized carbons (Fsp3) is 0.107. The summed E-state index contributed by atoms with van der Waals surface area (Å²) in [7, 11) is 3.71. The fourth-order valence-corrected chi connectivity index (χ4v) is 4.44. The van der Waals surface area contributed by atoms with Crippen molar-refractivity contribution in [3.63, 3.8) is 0 Å². The monoisotopic (exact) mass is 488 g/mol. The molecule has 1 aromatic carbocycles. The second-order valence-electron chi connectivity index (χ2n) is 9.10. The van der Waals surface area contributed by atoms with Crippen LogP contribution in [0.1, 0.15) is 0 Å². The van der Waals surface area contributed by atoms with Crippen molar-refractivity contribution in [1.29, 1.82) is 0 Å². The van der Waals surface area contributed by atoms with Crippen molar-refractivity contribution in [3.05, 3.63) is 79.4 Å². The number of fused-ring (bicyclic) bond motifs is 2. The van der Waals surface area contributed by atoms with Crippen LogP contribution in [0.4, 0.5) is 5.69 Å². The Morgan fingerprint density at radius 3 is 2.62 bits per heavy atom. The zero-order valence-electron chi connectivity index (χ0n) is 20.4. The van der Waals surface area contributed by atoms with Crippen LogP contribution in [0.15, 0.2) is 79.4 Å². The number of amides is 1. The van der Waals surface area contributed by atoms with Crippen molar-refractivity contribution in [3.8, 4) is 33.9 Å². The first-order chi connectivity index (χ1) is 18.0. The number of nitrogens with one attached hydrogen (secondary N) is 3. The minimum atomic E-state index is -0.0881. The smallest absolute Gasteiger partial charge is 0.238 e. The van der Waals surface area contributed by atoms with Crippen LogP contribution in [-0.4, -0.2) is 61.6 Å². The number of H-pyrrole nitrogens is 2. The van der Waals surface area contributed by atoms with E-state index in [2.05, 4.69) is 47.6 Å². The van der Waals surface area contributed by atoms with Crippen molar-refractivity contribution in [1.82, 2.24) is 35.0 Å². The van der Waals surface area contributed by atoms with Gasteiger partial charge in [0.25, 0.3) is 0 Å². The second-order valence-corrected chi connectivity index (χ2v) is 9.10. The Bertz CT molecular complexity index is 1740. The number of aromatic amines is 2. The van der Waals surface area contributed by atoms with Gasteiger partial charge in [-0.1, -0.05) is 12.1 Å². The van der Waals surface area contributed by atoms with Gasteiger partial charge in [-0.3, -0.25) is 24.8 Å². The molecule has 0 aliphatic heterocycles. The van der Waals surface area contributed by atoms with Crippen LogP contribution in [0.2, 0.25) is 0 Å². The van der Waals surface area contributed by atoms with Gasteiger partial charge in [0.2, 0.25) is 5.91 Å². The highest BCUT2D eigenvalue weighted by Gasteiger charge is 2.15. The molecule has 9 heteroatoms. The average Bonchev–Trinajstić information content (AvgIpc) is 3.52. The largest absolute Gasteiger partial charge is 0.353 e. The zero-order valence-corrected chi connectivity index (χ0v) is 20.4. The van der Waals surface area contributed by atoms with Gasteiger partial charge < -0.3 is 15.2 Å². The molecule has 0 aliphatic carbocycles. The van der Waals surface area contributed by atoms with Gasteiger partial charge in [0.05, 0.1) is 41.0 Å². The van der Waals surface area contributed by atoms with Gasteiger partial charge in [-0.25, -0.2) is 0 Å². The van der Waals surface area contributed by atoms with Crippen LogP contribution >= 0.6 is 0 Å². The Balaban J connectivity index is 1.38.